The van der Waals surface area contributed by atoms with Gasteiger partial charge in [-0.3, -0.25) is 0 Å². The zero-order valence-electron chi connectivity index (χ0n) is 14.2. The van der Waals surface area contributed by atoms with Crippen molar-refractivity contribution in [1.29, 1.82) is 0 Å². The first-order chi connectivity index (χ1) is 12.1. The van der Waals surface area contributed by atoms with Gasteiger partial charge in [0, 0.05) is 17.3 Å². The lowest BCUT2D eigenvalue weighted by molar-refractivity contribution is 0.168. The van der Waals surface area contributed by atoms with Gasteiger partial charge in [-0.25, -0.2) is 4.79 Å². The van der Waals surface area contributed by atoms with E-state index in [1.807, 2.05) is 50.2 Å². The van der Waals surface area contributed by atoms with E-state index in [2.05, 4.69) is 5.32 Å². The molecule has 0 aromatic heterocycles. The Morgan fingerprint density at radius 2 is 1.88 bits per heavy atom. The number of amides is 2. The number of anilines is 1. The quantitative estimate of drug-likeness (QED) is 0.863. The van der Waals surface area contributed by atoms with E-state index in [-0.39, 0.29) is 18.9 Å². The van der Waals surface area contributed by atoms with E-state index in [1.54, 1.807) is 4.90 Å². The van der Waals surface area contributed by atoms with Crippen LogP contribution in [0.2, 0.25) is 0 Å². The fourth-order valence-corrected chi connectivity index (χ4v) is 3.05. The molecule has 0 unspecified atom stereocenters. The molecule has 0 saturated heterocycles. The van der Waals surface area contributed by atoms with Gasteiger partial charge >= 0.3 is 6.03 Å². The number of rotatable bonds is 1. The summed E-state index contributed by atoms with van der Waals surface area (Å²) in [5.74, 6) is 2.20. The maximum atomic E-state index is 12.9. The lowest BCUT2D eigenvalue weighted by atomic mass is 10.1. The van der Waals surface area contributed by atoms with Crippen molar-refractivity contribution in [2.75, 3.05) is 18.7 Å². The van der Waals surface area contributed by atoms with Gasteiger partial charge < -0.3 is 24.4 Å². The molecule has 1 atom stereocenters. The molecule has 130 valence electrons. The highest BCUT2D eigenvalue weighted by Crippen LogP contribution is 2.37. The van der Waals surface area contributed by atoms with E-state index >= 15 is 0 Å². The third-order valence-corrected chi connectivity index (χ3v) is 4.55. The molecule has 2 aliphatic rings. The number of nitrogens with zero attached hydrogens (tertiary/aromatic N) is 1. The normalized spacial score (nSPS) is 18.2. The van der Waals surface area contributed by atoms with Gasteiger partial charge in [-0.15, -0.1) is 0 Å². The number of para-hydroxylation sites is 1. The fourth-order valence-electron chi connectivity index (χ4n) is 3.05. The van der Waals surface area contributed by atoms with Gasteiger partial charge in [-0.1, -0.05) is 18.2 Å². The van der Waals surface area contributed by atoms with E-state index in [0.717, 1.165) is 22.6 Å². The molecular weight excluding hydrogens is 320 g/mol. The first-order valence-electron chi connectivity index (χ1n) is 8.30. The molecule has 0 aliphatic carbocycles. The van der Waals surface area contributed by atoms with Crippen molar-refractivity contribution in [3.63, 3.8) is 0 Å². The highest BCUT2D eigenvalue weighted by atomic mass is 16.7. The summed E-state index contributed by atoms with van der Waals surface area (Å²) >= 11 is 0. The third kappa shape index (κ3) is 2.95. The molecule has 25 heavy (non-hydrogen) atoms. The van der Waals surface area contributed by atoms with Crippen molar-refractivity contribution < 1.29 is 19.0 Å². The van der Waals surface area contributed by atoms with Crippen LogP contribution in [0.1, 0.15) is 18.1 Å². The number of carbonyl (C=O) groups excluding carboxylic acids is 1. The minimum atomic E-state index is -0.158. The van der Waals surface area contributed by atoms with E-state index in [1.165, 1.54) is 0 Å². The number of hydrogen-bond donors (Lipinski definition) is 1. The zero-order valence-corrected chi connectivity index (χ0v) is 14.2. The van der Waals surface area contributed by atoms with Crippen LogP contribution < -0.4 is 19.5 Å². The maximum Gasteiger partial charge on any atom is 0.322 e. The molecule has 0 saturated carbocycles. The minimum Gasteiger partial charge on any atom is -0.491 e. The molecule has 6 nitrogen and oxygen atoms in total. The Balaban J connectivity index is 1.56. The SMILES string of the molecule is Cc1cc2c(cc1NC(=O)N1Cc3ccccc3OC[C@H]1C)OCO2. The molecule has 0 spiro atoms. The molecule has 0 bridgehead atoms. The molecule has 0 radical (unpaired) electrons. The van der Waals surface area contributed by atoms with Crippen LogP contribution in [0.5, 0.6) is 17.2 Å². The van der Waals surface area contributed by atoms with Gasteiger partial charge in [0.15, 0.2) is 11.5 Å². The second-order valence-electron chi connectivity index (χ2n) is 6.35. The summed E-state index contributed by atoms with van der Waals surface area (Å²) in [5.41, 5.74) is 2.65. The summed E-state index contributed by atoms with van der Waals surface area (Å²) in [6.07, 6.45) is 0. The Kier molecular flexibility index (Phi) is 3.87. The number of ether oxygens (including phenoxy) is 3. The Morgan fingerprint density at radius 1 is 1.12 bits per heavy atom. The van der Waals surface area contributed by atoms with Gasteiger partial charge in [0.05, 0.1) is 12.6 Å². The number of hydrogen-bond acceptors (Lipinski definition) is 4. The molecule has 6 heteroatoms. The zero-order chi connectivity index (χ0) is 17.4. The summed E-state index contributed by atoms with van der Waals surface area (Å²) < 4.78 is 16.6. The van der Waals surface area contributed by atoms with Crippen LogP contribution in [0.25, 0.3) is 0 Å². The highest BCUT2D eigenvalue weighted by molar-refractivity contribution is 5.91. The first kappa shape index (κ1) is 15.6. The van der Waals surface area contributed by atoms with Crippen LogP contribution in [0.3, 0.4) is 0 Å². The third-order valence-electron chi connectivity index (χ3n) is 4.55. The molecule has 2 amide bonds. The number of benzene rings is 2. The second-order valence-corrected chi connectivity index (χ2v) is 6.35. The number of aryl methyl sites for hydroxylation is 1. The number of fused-ring (bicyclic) bond motifs is 2. The molecule has 2 heterocycles. The molecule has 2 aromatic carbocycles. The van der Waals surface area contributed by atoms with Gasteiger partial charge in [0.2, 0.25) is 6.79 Å². The van der Waals surface area contributed by atoms with Crippen LogP contribution in [-0.4, -0.2) is 30.4 Å². The smallest absolute Gasteiger partial charge is 0.322 e. The van der Waals surface area contributed by atoms with E-state index in [4.69, 9.17) is 14.2 Å². The average Bonchev–Trinajstić information content (AvgIpc) is 2.97. The molecule has 1 N–H and O–H groups in total. The average molecular weight is 340 g/mol. The standard InChI is InChI=1S/C19H20N2O4/c1-12-7-17-18(25-11-24-17)8-15(12)20-19(22)21-9-14-5-3-4-6-16(14)23-10-13(21)2/h3-8,13H,9-11H2,1-2H3,(H,20,22)/t13-/m1/s1. The minimum absolute atomic E-state index is 0.0401. The van der Waals surface area contributed by atoms with Gasteiger partial charge in [0.1, 0.15) is 12.4 Å². The Labute approximate surface area is 146 Å². The number of carbonyl (C=O) groups is 1. The molecule has 4 rings (SSSR count). The Bertz CT molecular complexity index is 821. The second kappa shape index (κ2) is 6.20. The maximum absolute atomic E-state index is 12.9. The number of nitrogens with one attached hydrogen (secondary N) is 1. The monoisotopic (exact) mass is 340 g/mol. The first-order valence-corrected chi connectivity index (χ1v) is 8.30. The molecule has 0 fully saturated rings. The van der Waals surface area contributed by atoms with Crippen molar-refractivity contribution in [3.8, 4) is 17.2 Å². The molecule has 2 aliphatic heterocycles. The van der Waals surface area contributed by atoms with E-state index < -0.39 is 0 Å². The van der Waals surface area contributed by atoms with Crippen molar-refractivity contribution in [3.05, 3.63) is 47.5 Å². The predicted molar refractivity (Wildman–Crippen MR) is 93.3 cm³/mol. The van der Waals surface area contributed by atoms with Crippen LogP contribution >= 0.6 is 0 Å². The van der Waals surface area contributed by atoms with Gasteiger partial charge in [-0.2, -0.15) is 0 Å². The summed E-state index contributed by atoms with van der Waals surface area (Å²) in [6, 6.07) is 11.3. The summed E-state index contributed by atoms with van der Waals surface area (Å²) in [5, 5.41) is 2.99. The van der Waals surface area contributed by atoms with Crippen LogP contribution in [-0.2, 0) is 6.54 Å². The fraction of sp³-hybridized carbons (Fsp3) is 0.316. The predicted octanol–water partition coefficient (Wildman–Crippen LogP) is 3.54. The number of urea groups is 1. The Hall–Kier alpha value is -2.89. The Morgan fingerprint density at radius 3 is 2.72 bits per heavy atom. The molecular formula is C19H20N2O4. The van der Waals surface area contributed by atoms with Gasteiger partial charge in [-0.05, 0) is 31.5 Å². The van der Waals surface area contributed by atoms with Gasteiger partial charge in [0.25, 0.3) is 0 Å². The van der Waals surface area contributed by atoms with Crippen LogP contribution in [0, 0.1) is 6.92 Å². The van der Waals surface area contributed by atoms with E-state index in [0.29, 0.717) is 24.7 Å². The van der Waals surface area contributed by atoms with E-state index in [9.17, 15) is 4.79 Å². The van der Waals surface area contributed by atoms with Crippen molar-refractivity contribution in [2.45, 2.75) is 26.4 Å². The molecule has 2 aromatic rings. The van der Waals surface area contributed by atoms with Crippen molar-refractivity contribution >= 4 is 11.7 Å². The summed E-state index contributed by atoms with van der Waals surface area (Å²) in [6.45, 7) is 5.10. The lowest BCUT2D eigenvalue weighted by Crippen LogP contribution is -2.42. The summed E-state index contributed by atoms with van der Waals surface area (Å²) in [7, 11) is 0. The summed E-state index contributed by atoms with van der Waals surface area (Å²) in [4.78, 5) is 14.7. The van der Waals surface area contributed by atoms with Crippen LogP contribution in [0.4, 0.5) is 10.5 Å². The van der Waals surface area contributed by atoms with Crippen molar-refractivity contribution in [2.24, 2.45) is 0 Å². The lowest BCUT2D eigenvalue weighted by Gasteiger charge is -2.27. The topological polar surface area (TPSA) is 60.0 Å². The van der Waals surface area contributed by atoms with Crippen molar-refractivity contribution in [1.82, 2.24) is 4.90 Å². The largest absolute Gasteiger partial charge is 0.491 e. The highest BCUT2D eigenvalue weighted by Gasteiger charge is 2.26. The van der Waals surface area contributed by atoms with Crippen LogP contribution in [0.15, 0.2) is 36.4 Å².